The van der Waals surface area contributed by atoms with E-state index in [0.29, 0.717) is 0 Å². The van der Waals surface area contributed by atoms with Crippen molar-refractivity contribution in [2.45, 2.75) is 213 Å². The van der Waals surface area contributed by atoms with E-state index in [9.17, 15) is 0 Å². The van der Waals surface area contributed by atoms with E-state index >= 15 is 0 Å². The first-order valence-electron chi connectivity index (χ1n) is 40.0. The van der Waals surface area contributed by atoms with E-state index in [1.54, 1.807) is 0 Å². The van der Waals surface area contributed by atoms with Crippen LogP contribution in [-0.4, -0.2) is 331 Å². The molecule has 1 aliphatic carbocycles. The van der Waals surface area contributed by atoms with Gasteiger partial charge < -0.3 is 63.2 Å². The average Bonchev–Trinajstić information content (AvgIpc) is 1.01. The van der Waals surface area contributed by atoms with Gasteiger partial charge in [0, 0.05) is 186 Å². The monoisotopic (exact) mass is 1830 g/mol. The van der Waals surface area contributed by atoms with Crippen LogP contribution in [0.5, 0.6) is 0 Å². The van der Waals surface area contributed by atoms with Gasteiger partial charge in [0.2, 0.25) is 0 Å². The molecule has 0 N–H and O–H groups in total. The number of ether oxygens (including phenoxy) is 1. The Labute approximate surface area is 692 Å². The van der Waals surface area contributed by atoms with Crippen molar-refractivity contribution in [3.05, 3.63) is 35.9 Å². The van der Waals surface area contributed by atoms with E-state index in [1.165, 1.54) is 115 Å². The molecule has 0 aromatic heterocycles. The fourth-order valence-corrected chi connectivity index (χ4v) is 45.0. The Kier molecular flexibility index (Phi) is 42.9. The minimum atomic E-state index is -2.65. The fraction of sp³-hybridized carbons (Fsp3) is 0.901. The molecule has 599 valence electrons. The summed E-state index contributed by atoms with van der Waals surface area (Å²) in [5, 5.41) is 0. The van der Waals surface area contributed by atoms with Crippen molar-refractivity contribution in [2.75, 3.05) is 189 Å². The Morgan fingerprint density at radius 3 is 1.26 bits per heavy atom. The quantitative estimate of drug-likeness (QED) is 0.0349. The van der Waals surface area contributed by atoms with Gasteiger partial charge in [-0.15, -0.1) is 41.6 Å². The number of hydrogen-bond donors (Lipinski definition) is 1. The maximum absolute atomic E-state index is 6.51. The van der Waals surface area contributed by atoms with Crippen LogP contribution < -0.4 is 0 Å². The number of likely N-dealkylation sites (tertiary alicyclic amines) is 1. The first-order chi connectivity index (χ1) is 49.8. The number of thiol groups is 1. The number of fused-ring (bicyclic) bond motifs is 30. The van der Waals surface area contributed by atoms with E-state index in [-0.39, 0.29) is 95.7 Å². The summed E-state index contributed by atoms with van der Waals surface area (Å²) >= 11 is 8.33. The Morgan fingerprint density at radius 2 is 0.894 bits per heavy atom. The van der Waals surface area contributed by atoms with E-state index < -0.39 is 41.0 Å². The molecule has 17 aliphatic rings. The van der Waals surface area contributed by atoms with Gasteiger partial charge in [0.05, 0.1) is 54.9 Å². The second-order valence-electron chi connectivity index (χ2n) is 30.8. The Bertz CT molecular complexity index is 2480. The summed E-state index contributed by atoms with van der Waals surface area (Å²) in [6.45, 7) is 47.6. The van der Waals surface area contributed by atoms with Crippen LogP contribution in [0.2, 0.25) is 18.1 Å². The molecule has 1 aromatic rings. The fourth-order valence-electron chi connectivity index (χ4n) is 16.4. The van der Waals surface area contributed by atoms with Crippen molar-refractivity contribution in [3.63, 3.8) is 0 Å². The minimum absolute atomic E-state index is 0. The number of hydrogen-bond acceptors (Lipinski definition) is 24. The van der Waals surface area contributed by atoms with Gasteiger partial charge in [-0.05, 0) is 239 Å². The van der Waals surface area contributed by atoms with Gasteiger partial charge in [0.1, 0.15) is 1.12 Å². The van der Waals surface area contributed by atoms with Crippen LogP contribution >= 0.6 is 62.9 Å². The molecule has 1 aromatic carbocycles. The summed E-state index contributed by atoms with van der Waals surface area (Å²) in [6.07, 6.45) is 16.0. The summed E-state index contributed by atoms with van der Waals surface area (Å²) < 4.78 is 89.4. The number of benzene rings is 1. The van der Waals surface area contributed by atoms with Crippen LogP contribution in [0.1, 0.15) is 146 Å². The van der Waals surface area contributed by atoms with Gasteiger partial charge in [-0.3, -0.25) is 33.4 Å². The van der Waals surface area contributed by atoms with Crippen LogP contribution in [-0.2, 0) is 94.1 Å². The molecule has 0 amide bonds. The van der Waals surface area contributed by atoms with Crippen molar-refractivity contribution in [1.82, 2.24) is 38.2 Å². The first kappa shape index (κ1) is 92.2. The average molecular weight is 1830 g/mol. The third-order valence-corrected chi connectivity index (χ3v) is 50.1. The van der Waals surface area contributed by atoms with E-state index in [4.69, 9.17) is 54.5 Å². The third kappa shape index (κ3) is 31.6. The van der Waals surface area contributed by atoms with Crippen molar-refractivity contribution in [3.8, 4) is 0 Å². The first-order valence-corrected chi connectivity index (χ1v) is 58.8. The van der Waals surface area contributed by atoms with Crippen molar-refractivity contribution in [1.29, 1.82) is 1.12 Å². The zero-order chi connectivity index (χ0) is 74.8. The summed E-state index contributed by atoms with van der Waals surface area (Å²) in [7, 11) is -0.396. The van der Waals surface area contributed by atoms with Gasteiger partial charge in [-0.25, -0.2) is 0 Å². The molecule has 17 fully saturated rings. The number of rotatable bonds is 19. The molecule has 16 saturated heterocycles. The smallest absolute Gasteiger partial charge is 0.392 e. The predicted molar refractivity (Wildman–Crippen MR) is 453 cm³/mol. The van der Waals surface area contributed by atoms with Crippen LogP contribution in [0.25, 0.3) is 0 Å². The molecule has 10 bridgehead atoms. The number of aliphatic imine (C=N–C) groups is 1. The molecular formula is C71H139IN9O12PS4Si5Y. The van der Waals surface area contributed by atoms with Crippen LogP contribution in [0.3, 0.4) is 0 Å². The third-order valence-electron chi connectivity index (χ3n) is 20.7. The maximum atomic E-state index is 6.51. The van der Waals surface area contributed by atoms with Gasteiger partial charge in [-0.2, -0.15) is 0 Å². The van der Waals surface area contributed by atoms with Gasteiger partial charge in [0.15, 0.2) is 0 Å². The normalized spacial score (nSPS) is 39.0. The Hall–Kier alpha value is 2.71. The van der Waals surface area contributed by atoms with Crippen LogP contribution in [0.15, 0.2) is 35.3 Å². The van der Waals surface area contributed by atoms with Crippen LogP contribution in [0, 0.1) is 11.8 Å². The Morgan fingerprint density at radius 1 is 0.529 bits per heavy atom. The zero-order valence-corrected chi connectivity index (χ0v) is 80.7. The molecule has 1 radical (unpaired) electrons. The topological polar surface area (TPSA) is 149 Å². The van der Waals surface area contributed by atoms with Crippen molar-refractivity contribution < 1.29 is 86.1 Å². The number of halogens is 1. The second kappa shape index (κ2) is 48.4. The standard InChI is InChI=1S/C19H30N2O3Si.C16H32N2O3Si.C16H31NO4Si.C12H27N3OSi.C8H17NOS3Si.H2IPS.Y/c1-16-13-21-14-17(2)23-25(22-16,24-18(3)15-21)11-7-10-20-12-19-8-5-4-6-9-19;1-14-11-18-12-15(2)20-22(19-14,21-16(3)13-18)10-6-9-17-7-4-5-8-17;1-13-9-17-10-14(2)20-22(19-13,21-15(3)11-17)8-4-7-18-12-16-5-6-16;1-5-16-17-13(2)9-6-12(7-10-14(17)3)8-11-15(17)4;1-2-10-14-11-6-3-9(4-7-12-14)5-8-13-14;1-3-2;/h4-6,8-9,12,16-18H,7,10-11,13-15H2,1-3H3;14-16H,4-13H2,1-3H3;13-16H,4-12H2,1-3H3;12H,5-11H2,1-4H3;2-8H2,1H3;2-3H;/i;;;;;3T;. The SMILES string of the molecule is CC1CN2CC(C)O[Si](CCCN3CCCC3)(O1)OC(C)C2.CC1CN2CC(C)O[Si](CCCN=Cc3ccccc3)(O1)OC(C)C2.CC1CN2CC(C)O[Si](CCCOCC3CC3)(O1)OC(C)C2.CCO[Si]12N(C)CCC(CCN1C)CCN2C.CCO[Si]12SCCN(CCS1)CCS2.[3H]S(=P)I.[Y]. The molecule has 10 atom stereocenters. The van der Waals surface area contributed by atoms with E-state index in [0.717, 1.165) is 153 Å². The summed E-state index contributed by atoms with van der Waals surface area (Å²) in [4.78, 5) is 16.9. The molecule has 18 rings (SSSR count). The van der Waals surface area contributed by atoms with Crippen LogP contribution in [0.4, 0.5) is 0 Å². The molecule has 0 spiro atoms. The molecule has 104 heavy (non-hydrogen) atoms. The molecule has 10 unspecified atom stereocenters. The molecular weight excluding hydrogens is 1690 g/mol. The molecule has 21 nitrogen and oxygen atoms in total. The summed E-state index contributed by atoms with van der Waals surface area (Å²) in [6, 6.07) is 12.9. The van der Waals surface area contributed by atoms with Gasteiger partial charge >= 0.3 is 41.0 Å². The molecule has 16 heterocycles. The zero-order valence-electron chi connectivity index (χ0n) is 67.4. The molecule has 1 saturated carbocycles. The summed E-state index contributed by atoms with van der Waals surface area (Å²) in [5.74, 6) is 4.03. The van der Waals surface area contributed by atoms with Crippen molar-refractivity contribution >= 4 is 118 Å². The Balaban J connectivity index is 0.000000182. The minimum Gasteiger partial charge on any atom is -0.392 e. The largest absolute Gasteiger partial charge is 0.501 e. The molecule has 16 aliphatic heterocycles. The van der Waals surface area contributed by atoms with Crippen molar-refractivity contribution in [2.24, 2.45) is 16.8 Å². The predicted octanol–water partition coefficient (Wildman–Crippen LogP) is 11.5. The summed E-state index contributed by atoms with van der Waals surface area (Å²) in [5.41, 5.74) is 1.13. The number of nitrogens with zero attached hydrogens (tertiary/aromatic N) is 9. The maximum Gasteiger partial charge on any atom is 0.501 e. The van der Waals surface area contributed by atoms with Gasteiger partial charge in [0.25, 0.3) is 0 Å². The molecule has 33 heteroatoms. The van der Waals surface area contributed by atoms with E-state index in [1.807, 2.05) is 45.6 Å². The second-order valence-corrected chi connectivity index (χ2v) is 60.3. The van der Waals surface area contributed by atoms with E-state index in [2.05, 4.69) is 194 Å². The van der Waals surface area contributed by atoms with Gasteiger partial charge in [-0.1, -0.05) is 38.3 Å².